The van der Waals surface area contributed by atoms with Crippen molar-refractivity contribution in [3.05, 3.63) is 23.9 Å². The summed E-state index contributed by atoms with van der Waals surface area (Å²) in [4.78, 5) is 9.23. The van der Waals surface area contributed by atoms with Crippen LogP contribution < -0.4 is 10.2 Å². The first-order valence-electron chi connectivity index (χ1n) is 7.47. The molecule has 0 amide bonds. The number of hydrogen-bond acceptors (Lipinski definition) is 4. The number of nitrogens with one attached hydrogen (secondary N) is 1. The second-order valence-electron chi connectivity index (χ2n) is 6.10. The first-order valence-corrected chi connectivity index (χ1v) is 7.47. The van der Waals surface area contributed by atoms with E-state index >= 15 is 0 Å². The van der Waals surface area contributed by atoms with Gasteiger partial charge >= 0.3 is 0 Å². The molecule has 0 saturated heterocycles. The summed E-state index contributed by atoms with van der Waals surface area (Å²) in [6.45, 7) is 9.75. The minimum absolute atomic E-state index is 0.344. The van der Waals surface area contributed by atoms with Crippen molar-refractivity contribution in [2.45, 2.75) is 26.8 Å². The molecular weight excluding hydrogens is 248 g/mol. The maximum absolute atomic E-state index is 4.65. The molecule has 1 atom stereocenters. The molecule has 0 aliphatic heterocycles. The van der Waals surface area contributed by atoms with Crippen LogP contribution in [-0.4, -0.2) is 50.7 Å². The normalized spacial score (nSPS) is 13.0. The van der Waals surface area contributed by atoms with Gasteiger partial charge in [0, 0.05) is 31.9 Å². The Morgan fingerprint density at radius 3 is 2.30 bits per heavy atom. The van der Waals surface area contributed by atoms with Gasteiger partial charge in [0.1, 0.15) is 5.82 Å². The van der Waals surface area contributed by atoms with Gasteiger partial charge in [0.15, 0.2) is 0 Å². The number of nitrogens with zero attached hydrogens (tertiary/aromatic N) is 3. The summed E-state index contributed by atoms with van der Waals surface area (Å²) in [5.74, 6) is 1.71. The average molecular weight is 278 g/mol. The maximum atomic E-state index is 4.65. The third-order valence-electron chi connectivity index (χ3n) is 3.43. The van der Waals surface area contributed by atoms with Gasteiger partial charge in [-0.15, -0.1) is 0 Å². The molecule has 0 radical (unpaired) electrons. The fourth-order valence-electron chi connectivity index (χ4n) is 2.07. The summed E-state index contributed by atoms with van der Waals surface area (Å²) < 4.78 is 0. The third-order valence-corrected chi connectivity index (χ3v) is 3.43. The lowest BCUT2D eigenvalue weighted by molar-refractivity contribution is 0.408. The van der Waals surface area contributed by atoms with Gasteiger partial charge in [0.05, 0.1) is 0 Å². The van der Waals surface area contributed by atoms with Crippen LogP contribution in [0.2, 0.25) is 0 Å². The molecule has 114 valence electrons. The largest absolute Gasteiger partial charge is 0.355 e. The molecule has 1 N–H and O–H groups in total. The summed E-state index contributed by atoms with van der Waals surface area (Å²) in [5, 5.41) is 3.24. The van der Waals surface area contributed by atoms with Crippen LogP contribution in [0.4, 0.5) is 5.82 Å². The summed E-state index contributed by atoms with van der Waals surface area (Å²) in [7, 11) is 6.19. The van der Waals surface area contributed by atoms with Crippen LogP contribution in [0.5, 0.6) is 0 Å². The standard InChI is InChI=1S/C16H30N4/c1-13(2)12-20(10-9-19(5)6)16-8-7-15(11-18-16)14(3)17-4/h7-8,11,13-14,17H,9-10,12H2,1-6H3. The Hall–Kier alpha value is -1.13. The van der Waals surface area contributed by atoms with Crippen LogP contribution in [0.1, 0.15) is 32.4 Å². The van der Waals surface area contributed by atoms with Crippen molar-refractivity contribution >= 4 is 5.82 Å². The highest BCUT2D eigenvalue weighted by molar-refractivity contribution is 5.40. The second-order valence-corrected chi connectivity index (χ2v) is 6.10. The van der Waals surface area contributed by atoms with Gasteiger partial charge < -0.3 is 15.1 Å². The van der Waals surface area contributed by atoms with Crippen LogP contribution in [0.15, 0.2) is 18.3 Å². The lowest BCUT2D eigenvalue weighted by Gasteiger charge is -2.27. The van der Waals surface area contributed by atoms with Gasteiger partial charge in [-0.05, 0) is 45.6 Å². The summed E-state index contributed by atoms with van der Waals surface area (Å²) in [6, 6.07) is 4.66. The Labute approximate surface area is 124 Å². The van der Waals surface area contributed by atoms with E-state index < -0.39 is 0 Å². The first kappa shape index (κ1) is 16.9. The highest BCUT2D eigenvalue weighted by atomic mass is 15.2. The van der Waals surface area contributed by atoms with Gasteiger partial charge in [-0.25, -0.2) is 4.98 Å². The summed E-state index contributed by atoms with van der Waals surface area (Å²) in [5.41, 5.74) is 1.23. The van der Waals surface area contributed by atoms with E-state index in [1.54, 1.807) is 0 Å². The van der Waals surface area contributed by atoms with E-state index in [-0.39, 0.29) is 0 Å². The summed E-state index contributed by atoms with van der Waals surface area (Å²) in [6.07, 6.45) is 1.99. The molecule has 0 spiro atoms. The molecule has 0 saturated carbocycles. The van der Waals surface area contributed by atoms with Crippen molar-refractivity contribution in [1.82, 2.24) is 15.2 Å². The van der Waals surface area contributed by atoms with Crippen molar-refractivity contribution in [1.29, 1.82) is 0 Å². The fraction of sp³-hybridized carbons (Fsp3) is 0.688. The topological polar surface area (TPSA) is 31.4 Å². The Morgan fingerprint density at radius 1 is 1.15 bits per heavy atom. The monoisotopic (exact) mass is 278 g/mol. The molecule has 1 heterocycles. The zero-order valence-corrected chi connectivity index (χ0v) is 13.8. The van der Waals surface area contributed by atoms with Gasteiger partial charge in [0.25, 0.3) is 0 Å². The van der Waals surface area contributed by atoms with Crippen LogP contribution in [-0.2, 0) is 0 Å². The van der Waals surface area contributed by atoms with Gasteiger partial charge in [-0.3, -0.25) is 0 Å². The molecule has 1 aromatic heterocycles. The summed E-state index contributed by atoms with van der Waals surface area (Å²) >= 11 is 0. The van der Waals surface area contributed by atoms with E-state index in [1.807, 2.05) is 13.2 Å². The molecule has 0 aliphatic carbocycles. The zero-order valence-electron chi connectivity index (χ0n) is 13.8. The lowest BCUT2D eigenvalue weighted by atomic mass is 10.1. The minimum Gasteiger partial charge on any atom is -0.355 e. The van der Waals surface area contributed by atoms with E-state index in [2.05, 4.69) is 67.1 Å². The molecule has 4 heteroatoms. The van der Waals surface area contributed by atoms with Crippen LogP contribution in [0.3, 0.4) is 0 Å². The molecular formula is C16H30N4. The number of aromatic nitrogens is 1. The molecule has 1 rings (SSSR count). The number of anilines is 1. The quantitative estimate of drug-likeness (QED) is 0.791. The van der Waals surface area contributed by atoms with E-state index in [0.717, 1.165) is 25.5 Å². The number of hydrogen-bond donors (Lipinski definition) is 1. The molecule has 0 aliphatic rings. The Kier molecular flexibility index (Phi) is 6.96. The fourth-order valence-corrected chi connectivity index (χ4v) is 2.07. The van der Waals surface area contributed by atoms with E-state index in [1.165, 1.54) is 5.56 Å². The van der Waals surface area contributed by atoms with Crippen LogP contribution >= 0.6 is 0 Å². The molecule has 1 unspecified atom stereocenters. The second kappa shape index (κ2) is 8.22. The smallest absolute Gasteiger partial charge is 0.128 e. The maximum Gasteiger partial charge on any atom is 0.128 e. The molecule has 20 heavy (non-hydrogen) atoms. The molecule has 4 nitrogen and oxygen atoms in total. The molecule has 0 aromatic carbocycles. The predicted octanol–water partition coefficient (Wildman–Crippen LogP) is 2.39. The van der Waals surface area contributed by atoms with Gasteiger partial charge in [-0.1, -0.05) is 19.9 Å². The van der Waals surface area contributed by atoms with Crippen molar-refractivity contribution in [3.8, 4) is 0 Å². The lowest BCUT2D eigenvalue weighted by Crippen LogP contribution is -2.35. The van der Waals surface area contributed by atoms with Crippen molar-refractivity contribution in [2.24, 2.45) is 5.92 Å². The van der Waals surface area contributed by atoms with E-state index in [0.29, 0.717) is 12.0 Å². The predicted molar refractivity (Wildman–Crippen MR) is 87.3 cm³/mol. The number of likely N-dealkylation sites (N-methyl/N-ethyl adjacent to an activating group) is 1. The molecule has 0 bridgehead atoms. The van der Waals surface area contributed by atoms with Crippen molar-refractivity contribution < 1.29 is 0 Å². The SMILES string of the molecule is CNC(C)c1ccc(N(CCN(C)C)CC(C)C)nc1. The van der Waals surface area contributed by atoms with Crippen molar-refractivity contribution in [3.63, 3.8) is 0 Å². The minimum atomic E-state index is 0.344. The van der Waals surface area contributed by atoms with Gasteiger partial charge in [0.2, 0.25) is 0 Å². The van der Waals surface area contributed by atoms with Crippen LogP contribution in [0.25, 0.3) is 0 Å². The Balaban J connectivity index is 2.79. The first-order chi connectivity index (χ1) is 9.43. The van der Waals surface area contributed by atoms with Crippen LogP contribution in [0, 0.1) is 5.92 Å². The Bertz CT molecular complexity index is 373. The number of rotatable bonds is 8. The number of pyridine rings is 1. The highest BCUT2D eigenvalue weighted by Crippen LogP contribution is 2.16. The van der Waals surface area contributed by atoms with E-state index in [4.69, 9.17) is 0 Å². The molecule has 1 aromatic rings. The highest BCUT2D eigenvalue weighted by Gasteiger charge is 2.11. The third kappa shape index (κ3) is 5.47. The van der Waals surface area contributed by atoms with Gasteiger partial charge in [-0.2, -0.15) is 0 Å². The van der Waals surface area contributed by atoms with E-state index in [9.17, 15) is 0 Å². The van der Waals surface area contributed by atoms with Crippen molar-refractivity contribution in [2.75, 3.05) is 45.7 Å². The Morgan fingerprint density at radius 2 is 1.85 bits per heavy atom. The average Bonchev–Trinajstić information content (AvgIpc) is 2.42. The zero-order chi connectivity index (χ0) is 15.1. The molecule has 0 fully saturated rings.